The van der Waals surface area contributed by atoms with E-state index in [9.17, 15) is 5.11 Å². The van der Waals surface area contributed by atoms with E-state index in [0.29, 0.717) is 5.69 Å². The predicted octanol–water partition coefficient (Wildman–Crippen LogP) is 3.00. The van der Waals surface area contributed by atoms with Crippen molar-refractivity contribution >= 4 is 33.2 Å². The second-order valence-corrected chi connectivity index (χ2v) is 4.56. The Morgan fingerprint density at radius 1 is 1.54 bits per heavy atom. The van der Waals surface area contributed by atoms with Gasteiger partial charge in [0, 0.05) is 0 Å². The molecule has 0 aromatic carbocycles. The van der Waals surface area contributed by atoms with Crippen molar-refractivity contribution in [3.8, 4) is 0 Å². The van der Waals surface area contributed by atoms with Crippen LogP contribution in [-0.4, -0.2) is 10.1 Å². The van der Waals surface area contributed by atoms with Gasteiger partial charge in [-0.1, -0.05) is 11.6 Å². The molecule has 68 valence electrons. The van der Waals surface area contributed by atoms with Gasteiger partial charge in [0.1, 0.15) is 0 Å². The Labute approximate surface area is 84.8 Å². The molecule has 2 aromatic heterocycles. The summed E-state index contributed by atoms with van der Waals surface area (Å²) in [6.45, 7) is 1.70. The van der Waals surface area contributed by atoms with Crippen molar-refractivity contribution in [1.82, 2.24) is 4.98 Å². The fraction of sp³-hybridized carbons (Fsp3) is 0.222. The first kappa shape index (κ1) is 8.94. The standard InChI is InChI=1S/C9H8ClNOS/c1-5(12)6-2-3-8-7(11-6)4-9(10)13-8/h2-5,12H,1H3. The van der Waals surface area contributed by atoms with E-state index in [1.807, 2.05) is 18.2 Å². The van der Waals surface area contributed by atoms with Crippen LogP contribution in [0.15, 0.2) is 18.2 Å². The minimum absolute atomic E-state index is 0.525. The first-order valence-corrected chi connectivity index (χ1v) is 5.10. The Balaban J connectivity index is 2.61. The zero-order valence-corrected chi connectivity index (χ0v) is 8.56. The van der Waals surface area contributed by atoms with E-state index < -0.39 is 6.10 Å². The molecule has 1 atom stereocenters. The number of aliphatic hydroxyl groups is 1. The number of aromatic nitrogens is 1. The van der Waals surface area contributed by atoms with Crippen LogP contribution in [0.4, 0.5) is 0 Å². The lowest BCUT2D eigenvalue weighted by Gasteiger charge is -2.01. The van der Waals surface area contributed by atoms with Gasteiger partial charge in [-0.05, 0) is 25.1 Å². The fourth-order valence-corrected chi connectivity index (χ4v) is 2.22. The van der Waals surface area contributed by atoms with Crippen LogP contribution in [0.5, 0.6) is 0 Å². The number of nitrogens with zero attached hydrogens (tertiary/aromatic N) is 1. The first-order valence-electron chi connectivity index (χ1n) is 3.91. The van der Waals surface area contributed by atoms with Gasteiger partial charge in [-0.25, -0.2) is 4.98 Å². The van der Waals surface area contributed by atoms with Crippen LogP contribution in [0.25, 0.3) is 10.2 Å². The lowest BCUT2D eigenvalue weighted by Crippen LogP contribution is -1.93. The minimum Gasteiger partial charge on any atom is -0.387 e. The molecule has 0 radical (unpaired) electrons. The lowest BCUT2D eigenvalue weighted by molar-refractivity contribution is 0.195. The summed E-state index contributed by atoms with van der Waals surface area (Å²) in [4.78, 5) is 4.27. The molecule has 0 amide bonds. The summed E-state index contributed by atoms with van der Waals surface area (Å²) in [5, 5.41) is 9.30. The molecule has 0 fully saturated rings. The van der Waals surface area contributed by atoms with Crippen LogP contribution in [0.2, 0.25) is 4.34 Å². The van der Waals surface area contributed by atoms with Crippen LogP contribution < -0.4 is 0 Å². The van der Waals surface area contributed by atoms with E-state index in [1.54, 1.807) is 6.92 Å². The second-order valence-electron chi connectivity index (χ2n) is 2.85. The molecular formula is C9H8ClNOS. The van der Waals surface area contributed by atoms with Gasteiger partial charge < -0.3 is 5.11 Å². The quantitative estimate of drug-likeness (QED) is 0.790. The van der Waals surface area contributed by atoms with E-state index in [4.69, 9.17) is 11.6 Å². The average Bonchev–Trinajstić information content (AvgIpc) is 2.42. The third-order valence-electron chi connectivity index (χ3n) is 1.79. The molecule has 0 aliphatic carbocycles. The predicted molar refractivity (Wildman–Crippen MR) is 55.3 cm³/mol. The van der Waals surface area contributed by atoms with Gasteiger partial charge >= 0.3 is 0 Å². The van der Waals surface area contributed by atoms with Crippen molar-refractivity contribution in [3.63, 3.8) is 0 Å². The maximum atomic E-state index is 9.30. The van der Waals surface area contributed by atoms with Gasteiger partial charge in [0.05, 0.1) is 26.4 Å². The fourth-order valence-electron chi connectivity index (χ4n) is 1.14. The number of fused-ring (bicyclic) bond motifs is 1. The molecule has 0 saturated heterocycles. The molecule has 0 aliphatic rings. The summed E-state index contributed by atoms with van der Waals surface area (Å²) in [6, 6.07) is 5.56. The van der Waals surface area contributed by atoms with Crippen LogP contribution in [0.3, 0.4) is 0 Å². The van der Waals surface area contributed by atoms with E-state index in [2.05, 4.69) is 4.98 Å². The molecule has 2 aromatic rings. The minimum atomic E-state index is -0.525. The molecule has 0 bridgehead atoms. The molecule has 1 N–H and O–H groups in total. The number of pyridine rings is 1. The number of hydrogen-bond donors (Lipinski definition) is 1. The second kappa shape index (κ2) is 3.25. The van der Waals surface area contributed by atoms with Gasteiger partial charge in [0.2, 0.25) is 0 Å². The number of thiophene rings is 1. The molecule has 0 aliphatic heterocycles. The van der Waals surface area contributed by atoms with E-state index in [-0.39, 0.29) is 0 Å². The topological polar surface area (TPSA) is 33.1 Å². The summed E-state index contributed by atoms with van der Waals surface area (Å²) in [5.74, 6) is 0. The van der Waals surface area contributed by atoms with Crippen molar-refractivity contribution in [2.45, 2.75) is 13.0 Å². The number of aliphatic hydroxyl groups excluding tert-OH is 1. The summed E-state index contributed by atoms with van der Waals surface area (Å²) in [7, 11) is 0. The Hall–Kier alpha value is -0.640. The van der Waals surface area contributed by atoms with Gasteiger partial charge in [-0.2, -0.15) is 0 Å². The lowest BCUT2D eigenvalue weighted by atomic mass is 10.2. The van der Waals surface area contributed by atoms with Crippen LogP contribution in [-0.2, 0) is 0 Å². The molecule has 0 spiro atoms. The highest BCUT2D eigenvalue weighted by molar-refractivity contribution is 7.22. The largest absolute Gasteiger partial charge is 0.387 e. The van der Waals surface area contributed by atoms with Crippen molar-refractivity contribution < 1.29 is 5.11 Å². The Morgan fingerprint density at radius 2 is 2.31 bits per heavy atom. The summed E-state index contributed by atoms with van der Waals surface area (Å²) >= 11 is 7.32. The molecule has 2 heterocycles. The number of hydrogen-bond acceptors (Lipinski definition) is 3. The number of rotatable bonds is 1. The van der Waals surface area contributed by atoms with E-state index >= 15 is 0 Å². The highest BCUT2D eigenvalue weighted by Gasteiger charge is 2.05. The molecule has 13 heavy (non-hydrogen) atoms. The van der Waals surface area contributed by atoms with Crippen molar-refractivity contribution in [1.29, 1.82) is 0 Å². The van der Waals surface area contributed by atoms with Crippen LogP contribution in [0.1, 0.15) is 18.7 Å². The first-order chi connectivity index (χ1) is 6.16. The Morgan fingerprint density at radius 3 is 3.00 bits per heavy atom. The van der Waals surface area contributed by atoms with Gasteiger partial charge in [0.25, 0.3) is 0 Å². The van der Waals surface area contributed by atoms with Gasteiger partial charge in [-0.15, -0.1) is 11.3 Å². The summed E-state index contributed by atoms with van der Waals surface area (Å²) in [5.41, 5.74) is 1.54. The third kappa shape index (κ3) is 1.68. The maximum absolute atomic E-state index is 9.30. The Kier molecular flexibility index (Phi) is 2.24. The maximum Gasteiger partial charge on any atom is 0.0956 e. The number of halogens is 1. The Bertz CT molecular complexity index is 438. The van der Waals surface area contributed by atoms with E-state index in [1.165, 1.54) is 11.3 Å². The summed E-state index contributed by atoms with van der Waals surface area (Å²) in [6.07, 6.45) is -0.525. The van der Waals surface area contributed by atoms with Crippen molar-refractivity contribution in [3.05, 3.63) is 28.2 Å². The van der Waals surface area contributed by atoms with Gasteiger partial charge in [0.15, 0.2) is 0 Å². The van der Waals surface area contributed by atoms with Crippen molar-refractivity contribution in [2.24, 2.45) is 0 Å². The third-order valence-corrected chi connectivity index (χ3v) is 3.01. The molecule has 4 heteroatoms. The molecule has 1 unspecified atom stereocenters. The normalized spacial score (nSPS) is 13.5. The zero-order valence-electron chi connectivity index (χ0n) is 6.99. The van der Waals surface area contributed by atoms with Crippen LogP contribution >= 0.6 is 22.9 Å². The highest BCUT2D eigenvalue weighted by atomic mass is 35.5. The molecule has 2 rings (SSSR count). The van der Waals surface area contributed by atoms with Crippen LogP contribution in [0, 0.1) is 0 Å². The smallest absolute Gasteiger partial charge is 0.0956 e. The average molecular weight is 214 g/mol. The zero-order chi connectivity index (χ0) is 9.42. The molecular weight excluding hydrogens is 206 g/mol. The highest BCUT2D eigenvalue weighted by Crippen LogP contribution is 2.28. The summed E-state index contributed by atoms with van der Waals surface area (Å²) < 4.78 is 1.78. The molecule has 0 saturated carbocycles. The van der Waals surface area contributed by atoms with E-state index in [0.717, 1.165) is 14.6 Å². The molecule has 2 nitrogen and oxygen atoms in total. The van der Waals surface area contributed by atoms with Crippen molar-refractivity contribution in [2.75, 3.05) is 0 Å². The van der Waals surface area contributed by atoms with Gasteiger partial charge in [-0.3, -0.25) is 0 Å². The monoisotopic (exact) mass is 213 g/mol. The SMILES string of the molecule is CC(O)c1ccc2sc(Cl)cc2n1.